The summed E-state index contributed by atoms with van der Waals surface area (Å²) in [5.74, 6) is -0.312. The third kappa shape index (κ3) is 5.53. The van der Waals surface area contributed by atoms with E-state index in [0.717, 1.165) is 27.6 Å². The van der Waals surface area contributed by atoms with Crippen LogP contribution in [0.5, 0.6) is 0 Å². The predicted octanol–water partition coefficient (Wildman–Crippen LogP) is 6.93. The molecule has 8 heteroatoms. The van der Waals surface area contributed by atoms with E-state index in [9.17, 15) is 4.79 Å². The Morgan fingerprint density at radius 2 is 1.75 bits per heavy atom. The van der Waals surface area contributed by atoms with Crippen molar-refractivity contribution in [2.45, 2.75) is 6.92 Å². The Balaban J connectivity index is 1.37. The number of nitrogens with zero attached hydrogens (tertiary/aromatic N) is 2. The number of hydrogen-bond acceptors (Lipinski definition) is 5. The van der Waals surface area contributed by atoms with Crippen molar-refractivity contribution >= 4 is 57.5 Å². The highest BCUT2D eigenvalue weighted by molar-refractivity contribution is 7.14. The highest BCUT2D eigenvalue weighted by Gasteiger charge is 2.08. The molecule has 32 heavy (non-hydrogen) atoms. The predicted molar refractivity (Wildman–Crippen MR) is 134 cm³/mol. The molecule has 4 aromatic rings. The summed E-state index contributed by atoms with van der Waals surface area (Å²) in [5, 5.41) is 11.0. The minimum atomic E-state index is -0.312. The Morgan fingerprint density at radius 1 is 1.00 bits per heavy atom. The van der Waals surface area contributed by atoms with Crippen molar-refractivity contribution in [2.75, 3.05) is 5.32 Å². The van der Waals surface area contributed by atoms with Gasteiger partial charge in [-0.2, -0.15) is 5.10 Å². The summed E-state index contributed by atoms with van der Waals surface area (Å²) in [4.78, 5) is 17.0. The van der Waals surface area contributed by atoms with Crippen LogP contribution in [0.2, 0.25) is 10.0 Å². The Morgan fingerprint density at radius 3 is 2.47 bits per heavy atom. The number of aromatic nitrogens is 1. The van der Waals surface area contributed by atoms with Crippen molar-refractivity contribution in [3.8, 4) is 11.3 Å². The van der Waals surface area contributed by atoms with Gasteiger partial charge in [-0.05, 0) is 48.9 Å². The summed E-state index contributed by atoms with van der Waals surface area (Å²) in [6.07, 6.45) is 1.51. The zero-order valence-electron chi connectivity index (χ0n) is 17.0. The minimum Gasteiger partial charge on any atom is -0.332 e. The van der Waals surface area contributed by atoms with E-state index in [0.29, 0.717) is 15.6 Å². The molecule has 0 bridgehead atoms. The Bertz CT molecular complexity index is 1270. The standard InChI is InChI=1S/C24H18Cl2N4OS/c1-15-2-9-19(10-3-15)28-24-29-22(14-32-24)17-5-7-18(8-6-17)23(31)30-27-13-16-4-11-20(25)21(26)12-16/h2-14H,1H3,(H,28,29)(H,30,31)/b27-13-. The van der Waals surface area contributed by atoms with Gasteiger partial charge in [0, 0.05) is 22.2 Å². The van der Waals surface area contributed by atoms with Crippen molar-refractivity contribution in [3.05, 3.63) is 98.8 Å². The van der Waals surface area contributed by atoms with Crippen LogP contribution in [0.3, 0.4) is 0 Å². The maximum Gasteiger partial charge on any atom is 0.271 e. The highest BCUT2D eigenvalue weighted by Crippen LogP contribution is 2.27. The normalized spacial score (nSPS) is 11.0. The van der Waals surface area contributed by atoms with E-state index in [1.165, 1.54) is 23.1 Å². The second kappa shape index (κ2) is 9.96. The summed E-state index contributed by atoms with van der Waals surface area (Å²) in [6.45, 7) is 2.05. The molecule has 0 radical (unpaired) electrons. The quantitative estimate of drug-likeness (QED) is 0.232. The molecule has 0 aliphatic heterocycles. The number of carbonyl (C=O) groups excluding carboxylic acids is 1. The highest BCUT2D eigenvalue weighted by atomic mass is 35.5. The number of anilines is 2. The number of carbonyl (C=O) groups is 1. The summed E-state index contributed by atoms with van der Waals surface area (Å²) in [5.41, 5.74) is 7.70. The first-order chi connectivity index (χ1) is 15.5. The monoisotopic (exact) mass is 480 g/mol. The summed E-state index contributed by atoms with van der Waals surface area (Å²) in [7, 11) is 0. The lowest BCUT2D eigenvalue weighted by molar-refractivity contribution is 0.0955. The molecule has 0 saturated heterocycles. The van der Waals surface area contributed by atoms with Crippen LogP contribution in [0.25, 0.3) is 11.3 Å². The van der Waals surface area contributed by atoms with Gasteiger partial charge in [0.1, 0.15) is 0 Å². The first kappa shape index (κ1) is 22.0. The lowest BCUT2D eigenvalue weighted by atomic mass is 10.1. The summed E-state index contributed by atoms with van der Waals surface area (Å²) in [6, 6.07) is 20.5. The van der Waals surface area contributed by atoms with Crippen molar-refractivity contribution in [3.63, 3.8) is 0 Å². The molecule has 2 N–H and O–H groups in total. The first-order valence-electron chi connectivity index (χ1n) is 9.66. The average Bonchev–Trinajstić information content (AvgIpc) is 3.26. The topological polar surface area (TPSA) is 66.4 Å². The molecular formula is C24H18Cl2N4OS. The lowest BCUT2D eigenvalue weighted by Gasteiger charge is -2.03. The van der Waals surface area contributed by atoms with E-state index >= 15 is 0 Å². The average molecular weight is 481 g/mol. The molecule has 1 heterocycles. The molecular weight excluding hydrogens is 463 g/mol. The smallest absolute Gasteiger partial charge is 0.271 e. The maximum absolute atomic E-state index is 12.3. The summed E-state index contributed by atoms with van der Waals surface area (Å²) >= 11 is 13.4. The fraction of sp³-hybridized carbons (Fsp3) is 0.0417. The van der Waals surface area contributed by atoms with Crippen LogP contribution in [-0.4, -0.2) is 17.1 Å². The molecule has 160 valence electrons. The molecule has 0 spiro atoms. The van der Waals surface area contributed by atoms with Gasteiger partial charge in [-0.25, -0.2) is 10.4 Å². The van der Waals surface area contributed by atoms with Crippen LogP contribution >= 0.6 is 34.5 Å². The third-order valence-corrected chi connectivity index (χ3v) is 6.07. The lowest BCUT2D eigenvalue weighted by Crippen LogP contribution is -2.17. The zero-order chi connectivity index (χ0) is 22.5. The molecule has 4 rings (SSSR count). The number of nitrogens with one attached hydrogen (secondary N) is 2. The number of hydrogen-bond donors (Lipinski definition) is 2. The van der Waals surface area contributed by atoms with Crippen LogP contribution in [0.15, 0.2) is 77.2 Å². The molecule has 0 fully saturated rings. The first-order valence-corrected chi connectivity index (χ1v) is 11.3. The van der Waals surface area contributed by atoms with Gasteiger partial charge >= 0.3 is 0 Å². The Labute approximate surface area is 199 Å². The number of rotatable bonds is 6. The van der Waals surface area contributed by atoms with Crippen molar-refractivity contribution < 1.29 is 4.79 Å². The number of aryl methyl sites for hydroxylation is 1. The van der Waals surface area contributed by atoms with Gasteiger partial charge in [-0.1, -0.05) is 59.1 Å². The van der Waals surface area contributed by atoms with Gasteiger partial charge in [-0.15, -0.1) is 11.3 Å². The number of halogens is 2. The fourth-order valence-electron chi connectivity index (χ4n) is 2.84. The van der Waals surface area contributed by atoms with Crippen LogP contribution in [0.1, 0.15) is 21.5 Å². The van der Waals surface area contributed by atoms with Gasteiger partial charge in [0.2, 0.25) is 0 Å². The van der Waals surface area contributed by atoms with Gasteiger partial charge < -0.3 is 5.32 Å². The SMILES string of the molecule is Cc1ccc(Nc2nc(-c3ccc(C(=O)N/N=C\c4ccc(Cl)c(Cl)c4)cc3)cs2)cc1. The minimum absolute atomic E-state index is 0.312. The Kier molecular flexibility index (Phi) is 6.85. The maximum atomic E-state index is 12.3. The third-order valence-electron chi connectivity index (χ3n) is 4.57. The molecule has 0 atom stereocenters. The van der Waals surface area contributed by atoms with Crippen LogP contribution in [-0.2, 0) is 0 Å². The van der Waals surface area contributed by atoms with Gasteiger partial charge in [0.05, 0.1) is 22.0 Å². The Hall–Kier alpha value is -3.19. The van der Waals surface area contributed by atoms with E-state index in [-0.39, 0.29) is 5.91 Å². The fourth-order valence-corrected chi connectivity index (χ4v) is 3.89. The van der Waals surface area contributed by atoms with Crippen molar-refractivity contribution in [2.24, 2.45) is 5.10 Å². The van der Waals surface area contributed by atoms with Gasteiger partial charge in [0.15, 0.2) is 5.13 Å². The zero-order valence-corrected chi connectivity index (χ0v) is 19.3. The molecule has 1 aromatic heterocycles. The molecule has 1 amide bonds. The van der Waals surface area contributed by atoms with E-state index in [1.54, 1.807) is 30.3 Å². The number of hydrazone groups is 1. The second-order valence-electron chi connectivity index (χ2n) is 6.98. The molecule has 0 aliphatic carbocycles. The molecule has 5 nitrogen and oxygen atoms in total. The second-order valence-corrected chi connectivity index (χ2v) is 8.65. The molecule has 0 unspecified atom stereocenters. The van der Waals surface area contributed by atoms with Crippen LogP contribution < -0.4 is 10.7 Å². The van der Waals surface area contributed by atoms with Crippen molar-refractivity contribution in [1.82, 2.24) is 10.4 Å². The van der Waals surface area contributed by atoms with Crippen LogP contribution in [0.4, 0.5) is 10.8 Å². The van der Waals surface area contributed by atoms with E-state index in [1.807, 2.05) is 29.6 Å². The molecule has 0 saturated carbocycles. The number of thiazole rings is 1. The number of benzene rings is 3. The van der Waals surface area contributed by atoms with Gasteiger partial charge in [-0.3, -0.25) is 4.79 Å². The molecule has 0 aliphatic rings. The number of amides is 1. The van der Waals surface area contributed by atoms with E-state index in [4.69, 9.17) is 23.2 Å². The van der Waals surface area contributed by atoms with E-state index in [2.05, 4.69) is 39.9 Å². The summed E-state index contributed by atoms with van der Waals surface area (Å²) < 4.78 is 0. The van der Waals surface area contributed by atoms with E-state index < -0.39 is 0 Å². The van der Waals surface area contributed by atoms with Crippen molar-refractivity contribution in [1.29, 1.82) is 0 Å². The van der Waals surface area contributed by atoms with Gasteiger partial charge in [0.25, 0.3) is 5.91 Å². The largest absolute Gasteiger partial charge is 0.332 e. The van der Waals surface area contributed by atoms with Crippen LogP contribution in [0, 0.1) is 6.92 Å². The molecule has 3 aromatic carbocycles.